The summed E-state index contributed by atoms with van der Waals surface area (Å²) in [7, 11) is 0. The zero-order chi connectivity index (χ0) is 23.2. The molecule has 1 N–H and O–H groups in total. The molecule has 0 fully saturated rings. The summed E-state index contributed by atoms with van der Waals surface area (Å²) in [6.07, 6.45) is -0.419. The van der Waals surface area contributed by atoms with Crippen molar-refractivity contribution in [2.45, 2.75) is 39.7 Å². The maximum Gasteiger partial charge on any atom is 0.313 e. The third kappa shape index (κ3) is 4.00. The number of rotatable bonds is 4. The maximum atomic E-state index is 15.0. The van der Waals surface area contributed by atoms with Crippen LogP contribution in [0.5, 0.6) is 5.75 Å². The zero-order valence-corrected chi connectivity index (χ0v) is 18.6. The Hall–Kier alpha value is -2.64. The van der Waals surface area contributed by atoms with Crippen molar-refractivity contribution in [2.75, 3.05) is 0 Å². The minimum absolute atomic E-state index is 0.113. The number of fused-ring (bicyclic) bond motifs is 1. The summed E-state index contributed by atoms with van der Waals surface area (Å²) < 4.78 is 35.5. The number of carbonyl (C=O) groups is 2. The van der Waals surface area contributed by atoms with Crippen molar-refractivity contribution in [3.63, 3.8) is 0 Å². The maximum absolute atomic E-state index is 15.0. The molecular formula is C22H19Cl2F2NO4. The lowest BCUT2D eigenvalue weighted by Gasteiger charge is -2.15. The smallest absolute Gasteiger partial charge is 0.313 e. The molecule has 1 aromatic heterocycles. The SMILES string of the molecule is Cc1c(C(C)C(=O)OC(C)C)c2c(F)c(O)c(F)cc2n1C(=O)c1ccc(Cl)c(Cl)c1. The molecule has 1 heterocycles. The third-order valence-electron chi connectivity index (χ3n) is 4.92. The van der Waals surface area contributed by atoms with E-state index >= 15 is 0 Å². The van der Waals surface area contributed by atoms with Crippen molar-refractivity contribution in [3.8, 4) is 5.75 Å². The summed E-state index contributed by atoms with van der Waals surface area (Å²) in [5.41, 5.74) is 0.290. The Balaban J connectivity index is 2.32. The van der Waals surface area contributed by atoms with Gasteiger partial charge in [0.15, 0.2) is 17.4 Å². The Kier molecular flexibility index (Phi) is 6.30. The van der Waals surface area contributed by atoms with E-state index in [0.29, 0.717) is 0 Å². The van der Waals surface area contributed by atoms with Crippen LogP contribution < -0.4 is 0 Å². The first-order valence-electron chi connectivity index (χ1n) is 9.37. The number of phenols is 1. The highest BCUT2D eigenvalue weighted by Crippen LogP contribution is 2.39. The molecule has 164 valence electrons. The van der Waals surface area contributed by atoms with Gasteiger partial charge in [-0.1, -0.05) is 23.2 Å². The Bertz CT molecular complexity index is 1220. The fourth-order valence-electron chi connectivity index (χ4n) is 3.51. The van der Waals surface area contributed by atoms with Crippen LogP contribution in [0.2, 0.25) is 10.0 Å². The lowest BCUT2D eigenvalue weighted by Crippen LogP contribution is -2.19. The van der Waals surface area contributed by atoms with Crippen LogP contribution in [-0.2, 0) is 9.53 Å². The second kappa shape index (κ2) is 8.48. The van der Waals surface area contributed by atoms with E-state index in [1.165, 1.54) is 32.0 Å². The van der Waals surface area contributed by atoms with Gasteiger partial charge < -0.3 is 9.84 Å². The molecule has 0 aliphatic rings. The van der Waals surface area contributed by atoms with Crippen molar-refractivity contribution in [2.24, 2.45) is 0 Å². The van der Waals surface area contributed by atoms with E-state index in [9.17, 15) is 23.5 Å². The fraction of sp³-hybridized carbons (Fsp3) is 0.273. The number of halogens is 4. The molecule has 0 bridgehead atoms. The van der Waals surface area contributed by atoms with Gasteiger partial charge in [-0.3, -0.25) is 14.2 Å². The molecule has 2 aromatic carbocycles. The Morgan fingerprint density at radius 2 is 1.74 bits per heavy atom. The summed E-state index contributed by atoms with van der Waals surface area (Å²) >= 11 is 11.9. The predicted octanol–water partition coefficient (Wildman–Crippen LogP) is 5.98. The van der Waals surface area contributed by atoms with Gasteiger partial charge in [0.2, 0.25) is 0 Å². The van der Waals surface area contributed by atoms with E-state index in [4.69, 9.17) is 27.9 Å². The highest BCUT2D eigenvalue weighted by Gasteiger charge is 2.31. The molecule has 3 rings (SSSR count). The van der Waals surface area contributed by atoms with Crippen LogP contribution in [0, 0.1) is 18.6 Å². The van der Waals surface area contributed by atoms with Gasteiger partial charge in [-0.15, -0.1) is 0 Å². The quantitative estimate of drug-likeness (QED) is 0.476. The first kappa shape index (κ1) is 23.0. The number of ether oxygens (including phenoxy) is 1. The van der Waals surface area contributed by atoms with Crippen molar-refractivity contribution in [3.05, 3.63) is 62.8 Å². The number of carbonyl (C=O) groups excluding carboxylic acids is 2. The van der Waals surface area contributed by atoms with Gasteiger partial charge in [0.25, 0.3) is 5.91 Å². The molecule has 31 heavy (non-hydrogen) atoms. The topological polar surface area (TPSA) is 68.5 Å². The summed E-state index contributed by atoms with van der Waals surface area (Å²) in [4.78, 5) is 25.8. The van der Waals surface area contributed by atoms with Gasteiger partial charge in [-0.2, -0.15) is 0 Å². The van der Waals surface area contributed by atoms with Crippen LogP contribution in [0.15, 0.2) is 24.3 Å². The second-order valence-electron chi connectivity index (χ2n) is 7.39. The molecule has 0 saturated carbocycles. The molecule has 0 amide bonds. The monoisotopic (exact) mass is 469 g/mol. The van der Waals surface area contributed by atoms with E-state index in [1.54, 1.807) is 13.8 Å². The minimum atomic E-state index is -1.27. The number of aromatic hydroxyl groups is 1. The fourth-order valence-corrected chi connectivity index (χ4v) is 3.81. The zero-order valence-electron chi connectivity index (χ0n) is 17.1. The largest absolute Gasteiger partial charge is 0.503 e. The molecular weight excluding hydrogens is 451 g/mol. The van der Waals surface area contributed by atoms with Crippen molar-refractivity contribution < 1.29 is 28.2 Å². The number of hydrogen-bond donors (Lipinski definition) is 1. The molecule has 3 aromatic rings. The van der Waals surface area contributed by atoms with Crippen LogP contribution in [0.4, 0.5) is 8.78 Å². The average Bonchev–Trinajstić information content (AvgIpc) is 2.98. The molecule has 0 aliphatic heterocycles. The average molecular weight is 470 g/mol. The lowest BCUT2D eigenvalue weighted by atomic mass is 9.97. The van der Waals surface area contributed by atoms with Crippen molar-refractivity contribution in [1.29, 1.82) is 0 Å². The molecule has 0 radical (unpaired) electrons. The summed E-state index contributed by atoms with van der Waals surface area (Å²) in [6.45, 7) is 6.31. The predicted molar refractivity (Wildman–Crippen MR) is 114 cm³/mol. The Morgan fingerprint density at radius 1 is 1.10 bits per heavy atom. The molecule has 9 heteroatoms. The van der Waals surface area contributed by atoms with Crippen LogP contribution in [-0.4, -0.2) is 27.7 Å². The first-order valence-corrected chi connectivity index (χ1v) is 10.1. The first-order chi connectivity index (χ1) is 14.5. The molecule has 0 aliphatic carbocycles. The van der Waals surface area contributed by atoms with Gasteiger partial charge in [0, 0.05) is 22.7 Å². The van der Waals surface area contributed by atoms with Crippen LogP contribution in [0.25, 0.3) is 10.9 Å². The normalized spacial score (nSPS) is 12.4. The molecule has 0 spiro atoms. The minimum Gasteiger partial charge on any atom is -0.503 e. The second-order valence-corrected chi connectivity index (χ2v) is 8.21. The summed E-state index contributed by atoms with van der Waals surface area (Å²) in [6, 6.07) is 5.03. The van der Waals surface area contributed by atoms with E-state index in [-0.39, 0.29) is 37.8 Å². The standard InChI is InChI=1S/C22H19Cl2F2NO4/c1-9(2)31-22(30)10(3)17-11(4)27(16-8-15(25)20(28)19(26)18(16)17)21(29)12-5-6-13(23)14(24)7-12/h5-10,28H,1-4H3. The van der Waals surface area contributed by atoms with E-state index in [0.717, 1.165) is 10.6 Å². The number of phenolic OH excluding ortho intramolecular Hbond substituents is 1. The number of nitrogens with zero attached hydrogens (tertiary/aromatic N) is 1. The van der Waals surface area contributed by atoms with E-state index < -0.39 is 41.3 Å². The van der Waals surface area contributed by atoms with E-state index in [2.05, 4.69) is 0 Å². The molecule has 0 saturated heterocycles. The van der Waals surface area contributed by atoms with Crippen LogP contribution in [0.1, 0.15) is 48.3 Å². The van der Waals surface area contributed by atoms with Crippen molar-refractivity contribution >= 4 is 46.0 Å². The number of benzene rings is 2. The number of aromatic nitrogens is 1. The highest BCUT2D eigenvalue weighted by molar-refractivity contribution is 6.42. The Morgan fingerprint density at radius 3 is 2.32 bits per heavy atom. The van der Waals surface area contributed by atoms with Crippen LogP contribution in [0.3, 0.4) is 0 Å². The van der Waals surface area contributed by atoms with Crippen LogP contribution >= 0.6 is 23.2 Å². The van der Waals surface area contributed by atoms with Gasteiger partial charge in [0.1, 0.15) is 0 Å². The lowest BCUT2D eigenvalue weighted by molar-refractivity contribution is -0.148. The summed E-state index contributed by atoms with van der Waals surface area (Å²) in [5, 5.41) is 9.95. The molecule has 1 atom stereocenters. The van der Waals surface area contributed by atoms with Gasteiger partial charge in [-0.05, 0) is 51.5 Å². The summed E-state index contributed by atoms with van der Waals surface area (Å²) in [5.74, 6) is -5.99. The highest BCUT2D eigenvalue weighted by atomic mass is 35.5. The van der Waals surface area contributed by atoms with Gasteiger partial charge >= 0.3 is 5.97 Å². The molecule has 1 unspecified atom stereocenters. The molecule has 5 nitrogen and oxygen atoms in total. The van der Waals surface area contributed by atoms with Crippen molar-refractivity contribution in [1.82, 2.24) is 4.57 Å². The van der Waals surface area contributed by atoms with Gasteiger partial charge in [0.05, 0.1) is 27.6 Å². The number of esters is 1. The van der Waals surface area contributed by atoms with Gasteiger partial charge in [-0.25, -0.2) is 8.78 Å². The Labute approximate surface area is 187 Å². The number of hydrogen-bond acceptors (Lipinski definition) is 4. The van der Waals surface area contributed by atoms with E-state index in [1.807, 2.05) is 0 Å². The third-order valence-corrected chi connectivity index (χ3v) is 5.66.